The fraction of sp³-hybridized carbons (Fsp3) is 0.444. The summed E-state index contributed by atoms with van der Waals surface area (Å²) < 4.78 is 11.2. The molecule has 2 heterocycles. The first-order chi connectivity index (χ1) is 16.2. The smallest absolute Gasteiger partial charge is 0.410 e. The summed E-state index contributed by atoms with van der Waals surface area (Å²) in [6.45, 7) is 7.92. The number of rotatable bonds is 7. The minimum atomic E-state index is -0.520. The second-order valence-electron chi connectivity index (χ2n) is 9.67. The molecule has 1 aromatic carbocycles. The van der Waals surface area contributed by atoms with E-state index in [0.29, 0.717) is 19.7 Å². The summed E-state index contributed by atoms with van der Waals surface area (Å²) in [5.74, 6) is 0.973. The maximum Gasteiger partial charge on any atom is 0.410 e. The first-order valence-corrected chi connectivity index (χ1v) is 11.7. The fourth-order valence-electron chi connectivity index (χ4n) is 3.80. The summed E-state index contributed by atoms with van der Waals surface area (Å²) in [7, 11) is 1.75. The first-order valence-electron chi connectivity index (χ1n) is 11.7. The van der Waals surface area contributed by atoms with Crippen LogP contribution in [0.5, 0.6) is 5.75 Å². The Kier molecular flexibility index (Phi) is 8.68. The standard InChI is InChI=1S/C27H35N3O4/c1-27(2,3)34-26(32)29(4)18-22-8-7-17-30(19-22)25(31)15-12-21-10-13-24(14-11-21)33-20-23-9-5-6-16-28-23/h5-6,9-16,22H,7-8,17-20H2,1-4H3/b15-12+. The second-order valence-corrected chi connectivity index (χ2v) is 9.67. The third-order valence-electron chi connectivity index (χ3n) is 5.48. The van der Waals surface area contributed by atoms with E-state index < -0.39 is 5.60 Å². The maximum absolute atomic E-state index is 12.8. The number of likely N-dealkylation sites (tertiary alicyclic amines) is 1. The van der Waals surface area contributed by atoms with Crippen LogP contribution < -0.4 is 4.74 Å². The number of hydrogen-bond acceptors (Lipinski definition) is 5. The van der Waals surface area contributed by atoms with Gasteiger partial charge in [0.05, 0.1) is 5.69 Å². The highest BCUT2D eigenvalue weighted by molar-refractivity contribution is 5.91. The topological polar surface area (TPSA) is 72.0 Å². The van der Waals surface area contributed by atoms with E-state index in [-0.39, 0.29) is 17.9 Å². The predicted octanol–water partition coefficient (Wildman–Crippen LogP) is 4.78. The molecule has 2 aromatic rings. The summed E-state index contributed by atoms with van der Waals surface area (Å²) in [6, 6.07) is 13.3. The molecule has 1 aliphatic heterocycles. The third-order valence-corrected chi connectivity index (χ3v) is 5.48. The van der Waals surface area contributed by atoms with Crippen molar-refractivity contribution in [3.8, 4) is 5.75 Å². The number of piperidine rings is 1. The number of nitrogens with zero attached hydrogens (tertiary/aromatic N) is 3. The van der Waals surface area contributed by atoms with E-state index in [4.69, 9.17) is 9.47 Å². The number of carbonyl (C=O) groups is 2. The van der Waals surface area contributed by atoms with E-state index in [1.807, 2.05) is 74.2 Å². The van der Waals surface area contributed by atoms with Gasteiger partial charge in [-0.25, -0.2) is 4.79 Å². The van der Waals surface area contributed by atoms with Crippen molar-refractivity contribution in [3.05, 3.63) is 66.0 Å². The molecular weight excluding hydrogens is 430 g/mol. The molecule has 0 spiro atoms. The van der Waals surface area contributed by atoms with Gasteiger partial charge in [0.1, 0.15) is 18.0 Å². The Balaban J connectivity index is 1.47. The molecule has 34 heavy (non-hydrogen) atoms. The lowest BCUT2D eigenvalue weighted by atomic mass is 9.97. The summed E-state index contributed by atoms with van der Waals surface area (Å²) in [5.41, 5.74) is 1.28. The molecule has 1 aromatic heterocycles. The summed E-state index contributed by atoms with van der Waals surface area (Å²) in [6.07, 6.45) is 6.76. The molecule has 0 saturated carbocycles. The monoisotopic (exact) mass is 465 g/mol. The number of benzene rings is 1. The average molecular weight is 466 g/mol. The van der Waals surface area contributed by atoms with Crippen LogP contribution >= 0.6 is 0 Å². The molecule has 7 nitrogen and oxygen atoms in total. The van der Waals surface area contributed by atoms with Gasteiger partial charge >= 0.3 is 6.09 Å². The van der Waals surface area contributed by atoms with Crippen LogP contribution in [0.3, 0.4) is 0 Å². The van der Waals surface area contributed by atoms with Gasteiger partial charge in [-0.2, -0.15) is 0 Å². The maximum atomic E-state index is 12.8. The van der Waals surface area contributed by atoms with Gasteiger partial charge in [0.2, 0.25) is 5.91 Å². The van der Waals surface area contributed by atoms with Crippen LogP contribution in [0.25, 0.3) is 6.08 Å². The fourth-order valence-corrected chi connectivity index (χ4v) is 3.80. The SMILES string of the molecule is CN(CC1CCCN(C(=O)/C=C/c2ccc(OCc3ccccn3)cc2)C1)C(=O)OC(C)(C)C. The van der Waals surface area contributed by atoms with Crippen LogP contribution in [-0.2, 0) is 16.1 Å². The van der Waals surface area contributed by atoms with Crippen molar-refractivity contribution in [1.82, 2.24) is 14.8 Å². The van der Waals surface area contributed by atoms with Crippen LogP contribution in [0.1, 0.15) is 44.9 Å². The van der Waals surface area contributed by atoms with Crippen molar-refractivity contribution in [3.63, 3.8) is 0 Å². The van der Waals surface area contributed by atoms with E-state index in [1.165, 1.54) is 0 Å². The molecule has 1 atom stereocenters. The van der Waals surface area contributed by atoms with Gasteiger partial charge in [-0.15, -0.1) is 0 Å². The molecule has 1 unspecified atom stereocenters. The number of ether oxygens (including phenoxy) is 2. The lowest BCUT2D eigenvalue weighted by Gasteiger charge is -2.34. The van der Waals surface area contributed by atoms with Crippen LogP contribution in [0, 0.1) is 5.92 Å². The Morgan fingerprint density at radius 2 is 1.94 bits per heavy atom. The zero-order chi connectivity index (χ0) is 24.6. The highest BCUT2D eigenvalue weighted by Crippen LogP contribution is 2.20. The zero-order valence-electron chi connectivity index (χ0n) is 20.6. The van der Waals surface area contributed by atoms with E-state index in [1.54, 1.807) is 24.2 Å². The van der Waals surface area contributed by atoms with Crippen molar-refractivity contribution in [2.24, 2.45) is 5.92 Å². The summed E-state index contributed by atoms with van der Waals surface area (Å²) >= 11 is 0. The van der Waals surface area contributed by atoms with Crippen LogP contribution in [0.2, 0.25) is 0 Å². The van der Waals surface area contributed by atoms with Gasteiger partial charge in [-0.05, 0) is 75.4 Å². The third kappa shape index (κ3) is 8.21. The highest BCUT2D eigenvalue weighted by Gasteiger charge is 2.26. The Bertz CT molecular complexity index is 968. The minimum Gasteiger partial charge on any atom is -0.487 e. The van der Waals surface area contributed by atoms with Gasteiger partial charge in [-0.3, -0.25) is 9.78 Å². The van der Waals surface area contributed by atoms with E-state index >= 15 is 0 Å². The van der Waals surface area contributed by atoms with Gasteiger partial charge in [-0.1, -0.05) is 18.2 Å². The van der Waals surface area contributed by atoms with Crippen LogP contribution in [-0.4, -0.2) is 59.1 Å². The van der Waals surface area contributed by atoms with Gasteiger partial charge in [0.15, 0.2) is 0 Å². The first kappa shape index (κ1) is 25.3. The lowest BCUT2D eigenvalue weighted by Crippen LogP contribution is -2.44. The predicted molar refractivity (Wildman–Crippen MR) is 132 cm³/mol. The normalized spacial score (nSPS) is 16.4. The van der Waals surface area contributed by atoms with Crippen molar-refractivity contribution in [2.75, 3.05) is 26.7 Å². The molecule has 0 bridgehead atoms. The molecule has 7 heteroatoms. The van der Waals surface area contributed by atoms with Crippen molar-refractivity contribution < 1.29 is 19.1 Å². The molecular formula is C27H35N3O4. The van der Waals surface area contributed by atoms with Gasteiger partial charge in [0, 0.05) is 39.0 Å². The largest absolute Gasteiger partial charge is 0.487 e. The Hall–Kier alpha value is -3.35. The summed E-state index contributed by atoms with van der Waals surface area (Å²) in [4.78, 5) is 32.7. The molecule has 0 N–H and O–H groups in total. The van der Waals surface area contributed by atoms with Crippen molar-refractivity contribution in [2.45, 2.75) is 45.8 Å². The molecule has 1 fully saturated rings. The minimum absolute atomic E-state index is 0.0138. The zero-order valence-corrected chi connectivity index (χ0v) is 20.6. The molecule has 3 rings (SSSR count). The molecule has 1 aliphatic rings. The number of amides is 2. The molecule has 182 valence electrons. The summed E-state index contributed by atoms with van der Waals surface area (Å²) in [5, 5.41) is 0. The average Bonchev–Trinajstić information content (AvgIpc) is 2.81. The van der Waals surface area contributed by atoms with E-state index in [9.17, 15) is 9.59 Å². The Morgan fingerprint density at radius 3 is 2.62 bits per heavy atom. The second kappa shape index (κ2) is 11.7. The molecule has 0 aliphatic carbocycles. The lowest BCUT2D eigenvalue weighted by molar-refractivity contribution is -0.127. The Morgan fingerprint density at radius 1 is 1.18 bits per heavy atom. The number of pyridine rings is 1. The van der Waals surface area contributed by atoms with E-state index in [0.717, 1.165) is 36.4 Å². The van der Waals surface area contributed by atoms with Crippen LogP contribution in [0.15, 0.2) is 54.7 Å². The number of aromatic nitrogens is 1. The number of carbonyl (C=O) groups excluding carboxylic acids is 2. The van der Waals surface area contributed by atoms with Crippen molar-refractivity contribution in [1.29, 1.82) is 0 Å². The molecule has 1 saturated heterocycles. The van der Waals surface area contributed by atoms with E-state index in [2.05, 4.69) is 4.98 Å². The highest BCUT2D eigenvalue weighted by atomic mass is 16.6. The Labute approximate surface area is 202 Å². The number of hydrogen-bond donors (Lipinski definition) is 0. The quantitative estimate of drug-likeness (QED) is 0.551. The van der Waals surface area contributed by atoms with Crippen LogP contribution in [0.4, 0.5) is 4.79 Å². The van der Waals surface area contributed by atoms with Gasteiger partial charge < -0.3 is 19.3 Å². The van der Waals surface area contributed by atoms with Gasteiger partial charge in [0.25, 0.3) is 0 Å². The molecule has 0 radical (unpaired) electrons. The molecule has 2 amide bonds. The van der Waals surface area contributed by atoms with Crippen molar-refractivity contribution >= 4 is 18.1 Å².